The molecule has 0 spiro atoms. The molecule has 2 aromatic rings. The standard InChI is InChI=1S/C25H32O.C2H6/c1-16-11-21-20(9-10-23(26-8)22(21)12-16)17-13-18(24(2,3)4)15-19(14-17)25(5,6)7;1-2/h9-10,12-15H,11H2,1-8H3;1-2H3. The molecule has 2 aromatic carbocycles. The Balaban J connectivity index is 0.00000136. The summed E-state index contributed by atoms with van der Waals surface area (Å²) in [6, 6.07) is 11.5. The number of benzene rings is 2. The zero-order chi connectivity index (χ0) is 21.3. The number of allylic oxidation sites excluding steroid dienone is 1. The van der Waals surface area contributed by atoms with Crippen molar-refractivity contribution in [2.24, 2.45) is 0 Å². The predicted molar refractivity (Wildman–Crippen MR) is 125 cm³/mol. The van der Waals surface area contributed by atoms with Gasteiger partial charge in [-0.25, -0.2) is 0 Å². The zero-order valence-corrected chi connectivity index (χ0v) is 19.6. The predicted octanol–water partition coefficient (Wildman–Crippen LogP) is 7.94. The van der Waals surface area contributed by atoms with Crippen molar-refractivity contribution < 1.29 is 4.74 Å². The Bertz CT molecular complexity index is 838. The molecule has 0 N–H and O–H groups in total. The van der Waals surface area contributed by atoms with Gasteiger partial charge in [-0.05, 0) is 58.1 Å². The van der Waals surface area contributed by atoms with Crippen molar-refractivity contribution in [3.63, 3.8) is 0 Å². The summed E-state index contributed by atoms with van der Waals surface area (Å²) in [5, 5.41) is 0. The summed E-state index contributed by atoms with van der Waals surface area (Å²) in [6.07, 6.45) is 3.28. The van der Waals surface area contributed by atoms with Gasteiger partial charge in [0.25, 0.3) is 0 Å². The van der Waals surface area contributed by atoms with Crippen LogP contribution < -0.4 is 4.74 Å². The van der Waals surface area contributed by atoms with E-state index in [0.29, 0.717) is 0 Å². The first-order chi connectivity index (χ1) is 13.0. The molecule has 0 fully saturated rings. The van der Waals surface area contributed by atoms with Gasteiger partial charge in [0, 0.05) is 5.56 Å². The molecule has 3 rings (SSSR count). The van der Waals surface area contributed by atoms with Gasteiger partial charge >= 0.3 is 0 Å². The number of rotatable bonds is 2. The Morgan fingerprint density at radius 1 is 0.821 bits per heavy atom. The van der Waals surface area contributed by atoms with Gasteiger partial charge in [-0.15, -0.1) is 0 Å². The Hall–Kier alpha value is -2.02. The molecule has 152 valence electrons. The highest BCUT2D eigenvalue weighted by molar-refractivity contribution is 5.80. The monoisotopic (exact) mass is 378 g/mol. The molecule has 1 aliphatic rings. The average molecular weight is 379 g/mol. The fourth-order valence-electron chi connectivity index (χ4n) is 3.67. The van der Waals surface area contributed by atoms with Gasteiger partial charge in [-0.2, -0.15) is 0 Å². The summed E-state index contributed by atoms with van der Waals surface area (Å²) in [4.78, 5) is 0. The van der Waals surface area contributed by atoms with E-state index < -0.39 is 0 Å². The van der Waals surface area contributed by atoms with E-state index in [1.807, 2.05) is 13.8 Å². The molecule has 0 saturated heterocycles. The Labute approximate surface area is 172 Å². The van der Waals surface area contributed by atoms with Crippen LogP contribution in [0, 0.1) is 0 Å². The first kappa shape index (κ1) is 22.3. The van der Waals surface area contributed by atoms with E-state index in [2.05, 4.69) is 84.9 Å². The van der Waals surface area contributed by atoms with Crippen molar-refractivity contribution >= 4 is 6.08 Å². The van der Waals surface area contributed by atoms with Crippen molar-refractivity contribution in [2.75, 3.05) is 7.11 Å². The van der Waals surface area contributed by atoms with Gasteiger partial charge in [-0.3, -0.25) is 0 Å². The largest absolute Gasteiger partial charge is 0.496 e. The fraction of sp³-hybridized carbons (Fsp3) is 0.481. The van der Waals surface area contributed by atoms with Gasteiger partial charge < -0.3 is 4.74 Å². The van der Waals surface area contributed by atoms with Crippen LogP contribution in [0.1, 0.15) is 84.6 Å². The van der Waals surface area contributed by atoms with E-state index >= 15 is 0 Å². The van der Waals surface area contributed by atoms with Gasteiger partial charge in [0.2, 0.25) is 0 Å². The molecular weight excluding hydrogens is 340 g/mol. The highest BCUT2D eigenvalue weighted by Crippen LogP contribution is 2.41. The SMILES string of the molecule is CC.COc1ccc(-c2cc(C(C)(C)C)cc(C(C)(C)C)c2)c2c1C=C(C)C2. The lowest BCUT2D eigenvalue weighted by Crippen LogP contribution is -2.16. The molecular formula is C27H38O. The average Bonchev–Trinajstić information content (AvgIpc) is 3.02. The van der Waals surface area contributed by atoms with Gasteiger partial charge in [0.1, 0.15) is 5.75 Å². The van der Waals surface area contributed by atoms with E-state index in [1.165, 1.54) is 39.0 Å². The van der Waals surface area contributed by atoms with Gasteiger partial charge in [-0.1, -0.05) is 91.3 Å². The zero-order valence-electron chi connectivity index (χ0n) is 19.6. The van der Waals surface area contributed by atoms with Crippen molar-refractivity contribution in [3.8, 4) is 16.9 Å². The van der Waals surface area contributed by atoms with Crippen LogP contribution in [0.4, 0.5) is 0 Å². The van der Waals surface area contributed by atoms with Gasteiger partial charge in [0.15, 0.2) is 0 Å². The molecule has 0 atom stereocenters. The highest BCUT2D eigenvalue weighted by atomic mass is 16.5. The van der Waals surface area contributed by atoms with Crippen LogP contribution >= 0.6 is 0 Å². The lowest BCUT2D eigenvalue weighted by atomic mass is 9.78. The molecule has 1 aliphatic carbocycles. The van der Waals surface area contributed by atoms with Crippen LogP contribution in [0.3, 0.4) is 0 Å². The molecule has 0 unspecified atom stereocenters. The molecule has 0 saturated carbocycles. The number of hydrogen-bond donors (Lipinski definition) is 0. The first-order valence-corrected chi connectivity index (χ1v) is 10.5. The van der Waals surface area contributed by atoms with E-state index in [9.17, 15) is 0 Å². The maximum atomic E-state index is 5.61. The molecule has 1 nitrogen and oxygen atoms in total. The third kappa shape index (κ3) is 4.51. The van der Waals surface area contributed by atoms with Crippen molar-refractivity contribution in [1.82, 2.24) is 0 Å². The third-order valence-corrected chi connectivity index (χ3v) is 5.36. The molecule has 0 bridgehead atoms. The number of hydrogen-bond acceptors (Lipinski definition) is 1. The second kappa shape index (κ2) is 8.15. The fourth-order valence-corrected chi connectivity index (χ4v) is 3.67. The summed E-state index contributed by atoms with van der Waals surface area (Å²) in [5.41, 5.74) is 9.75. The van der Waals surface area contributed by atoms with Crippen LogP contribution in [0.25, 0.3) is 17.2 Å². The molecule has 28 heavy (non-hydrogen) atoms. The summed E-state index contributed by atoms with van der Waals surface area (Å²) < 4.78 is 5.61. The Morgan fingerprint density at radius 3 is 1.82 bits per heavy atom. The lowest BCUT2D eigenvalue weighted by molar-refractivity contribution is 0.413. The smallest absolute Gasteiger partial charge is 0.126 e. The number of ether oxygens (including phenoxy) is 1. The van der Waals surface area contributed by atoms with Crippen LogP contribution in [-0.4, -0.2) is 7.11 Å². The second-order valence-corrected chi connectivity index (χ2v) is 9.67. The number of fused-ring (bicyclic) bond motifs is 1. The lowest BCUT2D eigenvalue weighted by Gasteiger charge is -2.27. The van der Waals surface area contributed by atoms with E-state index in [4.69, 9.17) is 4.74 Å². The normalized spacial score (nSPS) is 13.4. The van der Waals surface area contributed by atoms with Crippen LogP contribution in [-0.2, 0) is 17.3 Å². The van der Waals surface area contributed by atoms with E-state index in [-0.39, 0.29) is 10.8 Å². The van der Waals surface area contributed by atoms with Crippen molar-refractivity contribution in [1.29, 1.82) is 0 Å². The highest BCUT2D eigenvalue weighted by Gasteiger charge is 2.24. The molecule has 0 aromatic heterocycles. The van der Waals surface area contributed by atoms with Crippen molar-refractivity contribution in [3.05, 3.63) is 58.2 Å². The van der Waals surface area contributed by atoms with Gasteiger partial charge in [0.05, 0.1) is 7.11 Å². The summed E-state index contributed by atoms with van der Waals surface area (Å²) in [7, 11) is 1.76. The maximum Gasteiger partial charge on any atom is 0.126 e. The minimum atomic E-state index is 0.125. The summed E-state index contributed by atoms with van der Waals surface area (Å²) in [6.45, 7) is 20.0. The minimum Gasteiger partial charge on any atom is -0.496 e. The Morgan fingerprint density at radius 2 is 1.36 bits per heavy atom. The Kier molecular flexibility index (Phi) is 6.48. The quantitative estimate of drug-likeness (QED) is 0.515. The first-order valence-electron chi connectivity index (χ1n) is 10.5. The van der Waals surface area contributed by atoms with Crippen molar-refractivity contribution in [2.45, 2.75) is 79.6 Å². The molecule has 1 heteroatoms. The molecule has 0 amide bonds. The molecule has 0 heterocycles. The maximum absolute atomic E-state index is 5.61. The molecule has 0 radical (unpaired) electrons. The topological polar surface area (TPSA) is 9.23 Å². The van der Waals surface area contributed by atoms with E-state index in [1.54, 1.807) is 7.11 Å². The molecule has 0 aliphatic heterocycles. The summed E-state index contributed by atoms with van der Waals surface area (Å²) in [5.74, 6) is 0.976. The third-order valence-electron chi connectivity index (χ3n) is 5.36. The second-order valence-electron chi connectivity index (χ2n) is 9.67. The summed E-state index contributed by atoms with van der Waals surface area (Å²) >= 11 is 0. The minimum absolute atomic E-state index is 0.125. The number of methoxy groups -OCH3 is 1. The van der Waals surface area contributed by atoms with Crippen LogP contribution in [0.15, 0.2) is 35.9 Å². The van der Waals surface area contributed by atoms with Crippen LogP contribution in [0.5, 0.6) is 5.75 Å². The van der Waals surface area contributed by atoms with E-state index in [0.717, 1.165) is 12.2 Å². The van der Waals surface area contributed by atoms with Crippen LogP contribution in [0.2, 0.25) is 0 Å².